The third-order valence-corrected chi connectivity index (χ3v) is 7.17. The van der Waals surface area contributed by atoms with Gasteiger partial charge in [0, 0.05) is 25.0 Å². The van der Waals surface area contributed by atoms with Gasteiger partial charge in [-0.1, -0.05) is 43.3 Å². The molecular weight excluding hydrogens is 490 g/mol. The van der Waals surface area contributed by atoms with Crippen LogP contribution in [0.5, 0.6) is 5.75 Å². The standard InChI is InChI=1S/C28H41N3O5S/c1-8-23(27(33)29-28(3,4)5)30(20-22-15-10-9-14-21(22)2)26(32)18-13-19-31(37(7,34)35)24-16-11-12-17-25(24)36-6/h9-12,14-17,23H,8,13,18-20H2,1-7H3,(H,29,33). The van der Waals surface area contributed by atoms with Crippen molar-refractivity contribution < 1.29 is 22.7 Å². The van der Waals surface area contributed by atoms with Gasteiger partial charge in [0.15, 0.2) is 0 Å². The first-order valence-corrected chi connectivity index (χ1v) is 14.4. The number of nitrogens with zero attached hydrogens (tertiary/aromatic N) is 2. The van der Waals surface area contributed by atoms with Gasteiger partial charge in [-0.3, -0.25) is 13.9 Å². The van der Waals surface area contributed by atoms with E-state index in [9.17, 15) is 18.0 Å². The van der Waals surface area contributed by atoms with E-state index in [0.29, 0.717) is 24.4 Å². The summed E-state index contributed by atoms with van der Waals surface area (Å²) in [5, 5.41) is 3.00. The van der Waals surface area contributed by atoms with Crippen molar-refractivity contribution in [2.75, 3.05) is 24.2 Å². The summed E-state index contributed by atoms with van der Waals surface area (Å²) in [6.07, 6.45) is 1.96. The number of hydrogen-bond acceptors (Lipinski definition) is 5. The van der Waals surface area contributed by atoms with E-state index >= 15 is 0 Å². The Hall–Kier alpha value is -3.07. The van der Waals surface area contributed by atoms with E-state index in [1.807, 2.05) is 58.9 Å². The first kappa shape index (κ1) is 30.2. The van der Waals surface area contributed by atoms with Crippen molar-refractivity contribution in [2.45, 2.75) is 72.0 Å². The first-order chi connectivity index (χ1) is 17.3. The van der Waals surface area contributed by atoms with Gasteiger partial charge < -0.3 is 15.0 Å². The molecule has 0 spiro atoms. The molecule has 1 atom stereocenters. The second kappa shape index (κ2) is 12.9. The molecule has 0 aliphatic heterocycles. The molecule has 0 aromatic heterocycles. The Morgan fingerprint density at radius 2 is 1.68 bits per heavy atom. The zero-order chi connectivity index (χ0) is 27.8. The van der Waals surface area contributed by atoms with Gasteiger partial charge >= 0.3 is 0 Å². The lowest BCUT2D eigenvalue weighted by molar-refractivity contribution is -0.142. The number of amides is 2. The minimum atomic E-state index is -3.61. The second-order valence-corrected chi connectivity index (χ2v) is 12.1. The number of carbonyl (C=O) groups is 2. The number of rotatable bonds is 12. The van der Waals surface area contributed by atoms with E-state index in [2.05, 4.69) is 5.32 Å². The molecule has 2 amide bonds. The fraction of sp³-hybridized carbons (Fsp3) is 0.500. The molecule has 2 aromatic rings. The average Bonchev–Trinajstić information content (AvgIpc) is 2.80. The van der Waals surface area contributed by atoms with Crippen LogP contribution in [0.15, 0.2) is 48.5 Å². The summed E-state index contributed by atoms with van der Waals surface area (Å²) >= 11 is 0. The highest BCUT2D eigenvalue weighted by molar-refractivity contribution is 7.92. The Morgan fingerprint density at radius 3 is 2.24 bits per heavy atom. The number of carbonyl (C=O) groups excluding carboxylic acids is 2. The Balaban J connectivity index is 2.28. The van der Waals surface area contributed by atoms with E-state index < -0.39 is 21.6 Å². The van der Waals surface area contributed by atoms with Crippen molar-refractivity contribution >= 4 is 27.5 Å². The smallest absolute Gasteiger partial charge is 0.243 e. The summed E-state index contributed by atoms with van der Waals surface area (Å²) in [5.74, 6) is 0.0293. The molecule has 0 saturated carbocycles. The molecule has 1 N–H and O–H groups in total. The van der Waals surface area contributed by atoms with Crippen LogP contribution >= 0.6 is 0 Å². The Morgan fingerprint density at radius 1 is 1.05 bits per heavy atom. The highest BCUT2D eigenvalue weighted by Crippen LogP contribution is 2.30. The van der Waals surface area contributed by atoms with Gasteiger partial charge in [-0.2, -0.15) is 0 Å². The van der Waals surface area contributed by atoms with Crippen LogP contribution in [0.2, 0.25) is 0 Å². The summed E-state index contributed by atoms with van der Waals surface area (Å²) in [6.45, 7) is 9.98. The van der Waals surface area contributed by atoms with Crippen molar-refractivity contribution in [3.63, 3.8) is 0 Å². The van der Waals surface area contributed by atoms with Crippen molar-refractivity contribution in [3.8, 4) is 5.75 Å². The van der Waals surface area contributed by atoms with Gasteiger partial charge in [0.25, 0.3) is 0 Å². The largest absolute Gasteiger partial charge is 0.495 e. The average molecular weight is 532 g/mol. The van der Waals surface area contributed by atoms with Gasteiger partial charge in [-0.25, -0.2) is 8.42 Å². The maximum absolute atomic E-state index is 13.6. The number of para-hydroxylation sites is 2. The van der Waals surface area contributed by atoms with Crippen LogP contribution in [-0.4, -0.2) is 56.6 Å². The maximum Gasteiger partial charge on any atom is 0.243 e. The monoisotopic (exact) mass is 531 g/mol. The van der Waals surface area contributed by atoms with Crippen molar-refractivity contribution in [3.05, 3.63) is 59.7 Å². The molecule has 0 heterocycles. The number of sulfonamides is 1. The van der Waals surface area contributed by atoms with Crippen LogP contribution in [0.4, 0.5) is 5.69 Å². The molecule has 2 aromatic carbocycles. The highest BCUT2D eigenvalue weighted by atomic mass is 32.2. The molecule has 204 valence electrons. The number of methoxy groups -OCH3 is 1. The van der Waals surface area contributed by atoms with Gasteiger partial charge in [-0.05, 0) is 63.8 Å². The summed E-state index contributed by atoms with van der Waals surface area (Å²) in [6, 6.07) is 14.0. The van der Waals surface area contributed by atoms with Crippen LogP contribution in [-0.2, 0) is 26.2 Å². The summed E-state index contributed by atoms with van der Waals surface area (Å²) in [4.78, 5) is 28.4. The highest BCUT2D eigenvalue weighted by Gasteiger charge is 2.31. The fourth-order valence-corrected chi connectivity index (χ4v) is 5.13. The quantitative estimate of drug-likeness (QED) is 0.441. The number of nitrogens with one attached hydrogen (secondary N) is 1. The van der Waals surface area contributed by atoms with E-state index in [0.717, 1.165) is 17.4 Å². The summed E-state index contributed by atoms with van der Waals surface area (Å²) in [7, 11) is -2.13. The predicted molar refractivity (Wildman–Crippen MR) is 148 cm³/mol. The minimum absolute atomic E-state index is 0.0896. The van der Waals surface area contributed by atoms with Gasteiger partial charge in [0.05, 0.1) is 19.1 Å². The molecule has 0 fully saturated rings. The van der Waals surface area contributed by atoms with E-state index in [4.69, 9.17) is 4.74 Å². The first-order valence-electron chi connectivity index (χ1n) is 12.5. The van der Waals surface area contributed by atoms with Crippen LogP contribution in [0.3, 0.4) is 0 Å². The van der Waals surface area contributed by atoms with Crippen molar-refractivity contribution in [2.24, 2.45) is 0 Å². The predicted octanol–water partition coefficient (Wildman–Crippen LogP) is 4.27. The number of anilines is 1. The van der Waals surface area contributed by atoms with Crippen LogP contribution < -0.4 is 14.4 Å². The number of aryl methyl sites for hydroxylation is 1. The third-order valence-electron chi connectivity index (χ3n) is 5.99. The zero-order valence-electron chi connectivity index (χ0n) is 23.1. The lowest BCUT2D eigenvalue weighted by Crippen LogP contribution is -2.53. The number of benzene rings is 2. The number of ether oxygens (including phenoxy) is 1. The third kappa shape index (κ3) is 8.77. The van der Waals surface area contributed by atoms with Gasteiger partial charge in [0.1, 0.15) is 11.8 Å². The molecule has 0 aliphatic carbocycles. The normalized spacial score (nSPS) is 12.5. The molecule has 37 heavy (non-hydrogen) atoms. The van der Waals surface area contributed by atoms with Crippen LogP contribution in [0, 0.1) is 6.92 Å². The Labute approximate surface area is 222 Å². The molecule has 0 bridgehead atoms. The fourth-order valence-electron chi connectivity index (χ4n) is 4.16. The van der Waals surface area contributed by atoms with Crippen LogP contribution in [0.1, 0.15) is 58.1 Å². The SMILES string of the molecule is CCC(C(=O)NC(C)(C)C)N(Cc1ccccc1C)C(=O)CCCN(c1ccccc1OC)S(C)(=O)=O. The molecule has 2 rings (SSSR count). The second-order valence-electron chi connectivity index (χ2n) is 10.2. The number of hydrogen-bond donors (Lipinski definition) is 1. The molecule has 0 radical (unpaired) electrons. The van der Waals surface area contributed by atoms with Gasteiger partial charge in [0.2, 0.25) is 21.8 Å². The van der Waals surface area contributed by atoms with Crippen molar-refractivity contribution in [1.82, 2.24) is 10.2 Å². The molecule has 8 nitrogen and oxygen atoms in total. The molecule has 9 heteroatoms. The molecule has 0 aliphatic rings. The van der Waals surface area contributed by atoms with Crippen LogP contribution in [0.25, 0.3) is 0 Å². The minimum Gasteiger partial charge on any atom is -0.495 e. The Bertz CT molecular complexity index is 1170. The lowest BCUT2D eigenvalue weighted by atomic mass is 10.0. The molecule has 0 saturated heterocycles. The lowest BCUT2D eigenvalue weighted by Gasteiger charge is -2.33. The van der Waals surface area contributed by atoms with E-state index in [1.165, 1.54) is 11.4 Å². The van der Waals surface area contributed by atoms with Crippen molar-refractivity contribution in [1.29, 1.82) is 0 Å². The molecule has 1 unspecified atom stereocenters. The van der Waals surface area contributed by atoms with E-state index in [1.54, 1.807) is 29.2 Å². The maximum atomic E-state index is 13.6. The van der Waals surface area contributed by atoms with Gasteiger partial charge in [-0.15, -0.1) is 0 Å². The molecular formula is C28H41N3O5S. The summed E-state index contributed by atoms with van der Waals surface area (Å²) in [5.41, 5.74) is 1.98. The summed E-state index contributed by atoms with van der Waals surface area (Å²) < 4.78 is 31.8. The Kier molecular flexibility index (Phi) is 10.5. The van der Waals surface area contributed by atoms with E-state index in [-0.39, 0.29) is 31.2 Å². The zero-order valence-corrected chi connectivity index (χ0v) is 23.9. The topological polar surface area (TPSA) is 96.0 Å².